The van der Waals surface area contributed by atoms with Gasteiger partial charge < -0.3 is 14.6 Å². The molecule has 0 saturated heterocycles. The molecule has 0 aliphatic heterocycles. The van der Waals surface area contributed by atoms with Crippen LogP contribution in [0.15, 0.2) is 54.6 Å². The highest BCUT2D eigenvalue weighted by Gasteiger charge is 2.24. The maximum atomic E-state index is 13.4. The molecule has 1 heterocycles. The smallest absolute Gasteiger partial charge is 0.222 e. The van der Waals surface area contributed by atoms with E-state index >= 15 is 0 Å². The normalized spacial score (nSPS) is 12.5. The number of aliphatic hydroxyl groups is 1. The fraction of sp³-hybridized carbons (Fsp3) is 0.464. The molecular formula is C28H38FN3O3. The number of unbranched alkanes of at least 4 members (excludes halogenated alkanes) is 1. The minimum absolute atomic E-state index is 0.312. The first-order valence-corrected chi connectivity index (χ1v) is 12.4. The van der Waals surface area contributed by atoms with Crippen molar-refractivity contribution in [2.45, 2.75) is 46.3 Å². The molecule has 3 rings (SSSR count). The van der Waals surface area contributed by atoms with Gasteiger partial charge in [0.05, 0.1) is 18.3 Å². The number of benzene rings is 2. The summed E-state index contributed by atoms with van der Waals surface area (Å²) in [5.41, 5.74) is 2.73. The number of hydrogen-bond donors (Lipinski definition) is 1. The second-order valence-corrected chi connectivity index (χ2v) is 9.35. The molecule has 3 aromatic rings. The van der Waals surface area contributed by atoms with Crippen LogP contribution in [0.3, 0.4) is 0 Å². The first-order chi connectivity index (χ1) is 16.9. The highest BCUT2D eigenvalue weighted by Crippen LogP contribution is 2.34. The van der Waals surface area contributed by atoms with Crippen LogP contribution in [0.5, 0.6) is 11.6 Å². The highest BCUT2D eigenvalue weighted by molar-refractivity contribution is 5.65. The Bertz CT molecular complexity index is 1020. The van der Waals surface area contributed by atoms with Gasteiger partial charge in [-0.05, 0) is 36.6 Å². The van der Waals surface area contributed by atoms with E-state index in [-0.39, 0.29) is 5.82 Å². The SMILES string of the molecule is CCCCOC[C@@H](O)CN(Cc1c(-c2ccccc2)nn(C)c1Oc1ccc(F)cc1)CC(C)C. The lowest BCUT2D eigenvalue weighted by Crippen LogP contribution is -2.37. The third-order valence-corrected chi connectivity index (χ3v) is 5.59. The van der Waals surface area contributed by atoms with Crippen molar-refractivity contribution in [3.63, 3.8) is 0 Å². The maximum Gasteiger partial charge on any atom is 0.222 e. The van der Waals surface area contributed by atoms with E-state index in [1.165, 1.54) is 12.1 Å². The lowest BCUT2D eigenvalue weighted by Gasteiger charge is -2.27. The van der Waals surface area contributed by atoms with Crippen LogP contribution in [0, 0.1) is 11.7 Å². The van der Waals surface area contributed by atoms with Crippen LogP contribution in [-0.4, -0.2) is 52.2 Å². The molecule has 7 heteroatoms. The summed E-state index contributed by atoms with van der Waals surface area (Å²) in [6.45, 7) is 9.23. The fourth-order valence-electron chi connectivity index (χ4n) is 4.02. The van der Waals surface area contributed by atoms with Gasteiger partial charge in [0.1, 0.15) is 17.3 Å². The standard InChI is InChI=1S/C28H38FN3O3/c1-5-6-16-34-20-24(33)18-32(17-21(2)3)19-26-27(22-10-8-7-9-11-22)30-31(4)28(26)35-25-14-12-23(29)13-15-25/h7-15,21,24,33H,5-6,16-20H2,1-4H3/t24-/m0/s1. The minimum Gasteiger partial charge on any atom is -0.439 e. The Kier molecular flexibility index (Phi) is 10.3. The van der Waals surface area contributed by atoms with E-state index in [4.69, 9.17) is 14.6 Å². The zero-order valence-electron chi connectivity index (χ0n) is 21.3. The summed E-state index contributed by atoms with van der Waals surface area (Å²) in [6.07, 6.45) is 1.46. The van der Waals surface area contributed by atoms with E-state index < -0.39 is 6.10 Å². The molecule has 0 fully saturated rings. The summed E-state index contributed by atoms with van der Waals surface area (Å²) < 4.78 is 27.0. The lowest BCUT2D eigenvalue weighted by atomic mass is 10.1. The molecule has 6 nitrogen and oxygen atoms in total. The van der Waals surface area contributed by atoms with E-state index in [9.17, 15) is 9.50 Å². The maximum absolute atomic E-state index is 13.4. The van der Waals surface area contributed by atoms with Crippen molar-refractivity contribution in [1.29, 1.82) is 0 Å². The number of aliphatic hydroxyl groups excluding tert-OH is 1. The van der Waals surface area contributed by atoms with Gasteiger partial charge in [-0.1, -0.05) is 57.5 Å². The molecule has 0 saturated carbocycles. The third kappa shape index (κ3) is 8.16. The van der Waals surface area contributed by atoms with Gasteiger partial charge in [0.2, 0.25) is 5.88 Å². The van der Waals surface area contributed by atoms with Crippen LogP contribution in [0.1, 0.15) is 39.2 Å². The predicted octanol–water partition coefficient (Wildman–Crippen LogP) is 5.65. The Hall–Kier alpha value is -2.74. The number of hydrogen-bond acceptors (Lipinski definition) is 5. The second kappa shape index (κ2) is 13.4. The van der Waals surface area contributed by atoms with Gasteiger partial charge in [0.15, 0.2) is 0 Å². The zero-order valence-corrected chi connectivity index (χ0v) is 21.3. The number of ether oxygens (including phenoxy) is 2. The van der Waals surface area contributed by atoms with Gasteiger partial charge in [-0.2, -0.15) is 5.10 Å². The van der Waals surface area contributed by atoms with Crippen molar-refractivity contribution in [2.75, 3.05) is 26.3 Å². The monoisotopic (exact) mass is 483 g/mol. The summed E-state index contributed by atoms with van der Waals surface area (Å²) in [4.78, 5) is 2.22. The van der Waals surface area contributed by atoms with Crippen molar-refractivity contribution in [2.24, 2.45) is 13.0 Å². The number of aryl methyl sites for hydroxylation is 1. The van der Waals surface area contributed by atoms with Crippen molar-refractivity contribution in [3.8, 4) is 22.9 Å². The van der Waals surface area contributed by atoms with Gasteiger partial charge >= 0.3 is 0 Å². The molecule has 1 aromatic heterocycles. The van der Waals surface area contributed by atoms with Crippen LogP contribution >= 0.6 is 0 Å². The summed E-state index contributed by atoms with van der Waals surface area (Å²) in [5.74, 6) is 1.22. The average molecular weight is 484 g/mol. The Morgan fingerprint density at radius 3 is 2.43 bits per heavy atom. The largest absolute Gasteiger partial charge is 0.439 e. The Morgan fingerprint density at radius 2 is 1.77 bits per heavy atom. The molecule has 0 bridgehead atoms. The van der Waals surface area contributed by atoms with E-state index in [0.717, 1.165) is 36.2 Å². The molecule has 35 heavy (non-hydrogen) atoms. The molecule has 190 valence electrons. The first-order valence-electron chi connectivity index (χ1n) is 12.4. The minimum atomic E-state index is -0.594. The van der Waals surface area contributed by atoms with Gasteiger partial charge in [0, 0.05) is 38.9 Å². The van der Waals surface area contributed by atoms with Crippen molar-refractivity contribution in [3.05, 3.63) is 66.0 Å². The molecule has 1 N–H and O–H groups in total. The predicted molar refractivity (Wildman–Crippen MR) is 137 cm³/mol. The number of nitrogens with zero attached hydrogens (tertiary/aromatic N) is 3. The van der Waals surface area contributed by atoms with E-state index in [1.54, 1.807) is 16.8 Å². The fourth-order valence-corrected chi connectivity index (χ4v) is 4.02. The summed E-state index contributed by atoms with van der Waals surface area (Å²) in [7, 11) is 1.85. The molecule has 0 aliphatic rings. The van der Waals surface area contributed by atoms with Gasteiger partial charge in [-0.15, -0.1) is 0 Å². The summed E-state index contributed by atoms with van der Waals surface area (Å²) >= 11 is 0. The molecule has 0 radical (unpaired) electrons. The Balaban J connectivity index is 1.89. The first kappa shape index (κ1) is 26.9. The van der Waals surface area contributed by atoms with E-state index in [1.807, 2.05) is 37.4 Å². The van der Waals surface area contributed by atoms with Crippen LogP contribution in [0.2, 0.25) is 0 Å². The zero-order chi connectivity index (χ0) is 25.2. The lowest BCUT2D eigenvalue weighted by molar-refractivity contribution is 0.0124. The summed E-state index contributed by atoms with van der Waals surface area (Å²) in [5, 5.41) is 15.5. The van der Waals surface area contributed by atoms with Crippen LogP contribution in [0.4, 0.5) is 4.39 Å². The van der Waals surface area contributed by atoms with Gasteiger partial charge in [-0.25, -0.2) is 9.07 Å². The highest BCUT2D eigenvalue weighted by atomic mass is 19.1. The molecule has 0 amide bonds. The van der Waals surface area contributed by atoms with Crippen LogP contribution in [0.25, 0.3) is 11.3 Å². The van der Waals surface area contributed by atoms with Crippen LogP contribution in [-0.2, 0) is 18.3 Å². The number of halogens is 1. The topological polar surface area (TPSA) is 59.8 Å². The van der Waals surface area contributed by atoms with E-state index in [2.05, 4.69) is 25.7 Å². The third-order valence-electron chi connectivity index (χ3n) is 5.59. The van der Waals surface area contributed by atoms with Gasteiger partial charge in [-0.3, -0.25) is 4.90 Å². The number of aromatic nitrogens is 2. The Labute approximate surface area is 208 Å². The molecule has 0 aliphatic carbocycles. The van der Waals surface area contributed by atoms with Crippen LogP contribution < -0.4 is 4.74 Å². The average Bonchev–Trinajstić information content (AvgIpc) is 3.13. The quantitative estimate of drug-likeness (QED) is 0.300. The van der Waals surface area contributed by atoms with Crippen molar-refractivity contribution in [1.82, 2.24) is 14.7 Å². The summed E-state index contributed by atoms with van der Waals surface area (Å²) in [6, 6.07) is 16.0. The molecular weight excluding hydrogens is 445 g/mol. The molecule has 1 atom stereocenters. The van der Waals surface area contributed by atoms with Gasteiger partial charge in [0.25, 0.3) is 0 Å². The number of rotatable bonds is 14. The molecule has 2 aromatic carbocycles. The molecule has 0 unspecified atom stereocenters. The van der Waals surface area contributed by atoms with Crippen molar-refractivity contribution < 1.29 is 19.0 Å². The van der Waals surface area contributed by atoms with Crippen molar-refractivity contribution >= 4 is 0 Å². The second-order valence-electron chi connectivity index (χ2n) is 9.35. The molecule has 0 spiro atoms. The van der Waals surface area contributed by atoms with E-state index in [0.29, 0.717) is 43.9 Å². The Morgan fingerprint density at radius 1 is 1.06 bits per heavy atom.